The van der Waals surface area contributed by atoms with Crippen molar-refractivity contribution in [2.45, 2.75) is 25.0 Å². The summed E-state index contributed by atoms with van der Waals surface area (Å²) in [6.07, 6.45) is 2.23. The highest BCUT2D eigenvalue weighted by Crippen LogP contribution is 2.33. The first-order chi connectivity index (χ1) is 9.58. The lowest BCUT2D eigenvalue weighted by Gasteiger charge is -2.21. The average molecular weight is 333 g/mol. The first kappa shape index (κ1) is 16.0. The van der Waals surface area contributed by atoms with E-state index in [9.17, 15) is 4.79 Å². The summed E-state index contributed by atoms with van der Waals surface area (Å²) in [6.45, 7) is 3.96. The minimum Gasteiger partial charge on any atom is -0.323 e. The average Bonchev–Trinajstić information content (AvgIpc) is 2.46. The lowest BCUT2D eigenvalue weighted by Crippen LogP contribution is -2.30. The van der Waals surface area contributed by atoms with E-state index in [0.717, 1.165) is 31.5 Å². The molecule has 0 unspecified atom stereocenters. The molecule has 0 saturated carbocycles. The molecule has 1 aromatic carbocycles. The summed E-state index contributed by atoms with van der Waals surface area (Å²) in [4.78, 5) is 12.0. The second-order valence-electron chi connectivity index (χ2n) is 4.86. The summed E-state index contributed by atoms with van der Waals surface area (Å²) in [6, 6.07) is 3.59. The molecule has 2 N–H and O–H groups in total. The van der Waals surface area contributed by atoms with Crippen molar-refractivity contribution in [2.75, 3.05) is 24.2 Å². The predicted octanol–water partition coefficient (Wildman–Crippen LogP) is 3.73. The van der Waals surface area contributed by atoms with Crippen LogP contribution in [0.3, 0.4) is 0 Å². The second kappa shape index (κ2) is 7.55. The van der Waals surface area contributed by atoms with Crippen molar-refractivity contribution in [3.63, 3.8) is 0 Å². The number of piperidine rings is 1. The molecule has 0 aromatic heterocycles. The minimum absolute atomic E-state index is 0.0528. The molecule has 1 amide bonds. The molecule has 1 aliphatic heterocycles. The molecule has 1 saturated heterocycles. The van der Waals surface area contributed by atoms with Gasteiger partial charge in [-0.2, -0.15) is 0 Å². The first-order valence-electron chi connectivity index (χ1n) is 6.64. The van der Waals surface area contributed by atoms with Crippen molar-refractivity contribution in [3.05, 3.63) is 27.7 Å². The standard InChI is InChI=1S/C14H18Cl2N2OS/c1-9-2-3-11(15)14(13(9)16)18-12(19)8-20-10-4-6-17-7-5-10/h2-3,10,17H,4-8H2,1H3,(H,18,19). The van der Waals surface area contributed by atoms with Crippen molar-refractivity contribution in [1.82, 2.24) is 5.32 Å². The van der Waals surface area contributed by atoms with Gasteiger partial charge >= 0.3 is 0 Å². The molecule has 0 aliphatic carbocycles. The topological polar surface area (TPSA) is 41.1 Å². The van der Waals surface area contributed by atoms with E-state index >= 15 is 0 Å². The van der Waals surface area contributed by atoms with Gasteiger partial charge in [0.15, 0.2) is 0 Å². The summed E-state index contributed by atoms with van der Waals surface area (Å²) in [5.74, 6) is 0.383. The quantitative estimate of drug-likeness (QED) is 0.882. The molecule has 1 aliphatic rings. The van der Waals surface area contributed by atoms with E-state index in [1.54, 1.807) is 17.8 Å². The molecule has 0 atom stereocenters. The number of thioether (sulfide) groups is 1. The van der Waals surface area contributed by atoms with Gasteiger partial charge in [0.1, 0.15) is 0 Å². The zero-order chi connectivity index (χ0) is 14.5. The van der Waals surface area contributed by atoms with Crippen LogP contribution in [0.15, 0.2) is 12.1 Å². The van der Waals surface area contributed by atoms with Gasteiger partial charge in [0.05, 0.1) is 21.5 Å². The maximum absolute atomic E-state index is 12.0. The van der Waals surface area contributed by atoms with Crippen molar-refractivity contribution >= 4 is 46.6 Å². The van der Waals surface area contributed by atoms with Crippen LogP contribution >= 0.6 is 35.0 Å². The molecule has 0 bridgehead atoms. The number of amides is 1. The molecule has 1 heterocycles. The number of aryl methyl sites for hydroxylation is 1. The molecule has 0 spiro atoms. The number of hydrogen-bond acceptors (Lipinski definition) is 3. The fourth-order valence-electron chi connectivity index (χ4n) is 2.10. The van der Waals surface area contributed by atoms with Crippen LogP contribution in [0.2, 0.25) is 10.0 Å². The van der Waals surface area contributed by atoms with Crippen LogP contribution < -0.4 is 10.6 Å². The van der Waals surface area contributed by atoms with Gasteiger partial charge in [-0.3, -0.25) is 4.79 Å². The summed E-state index contributed by atoms with van der Waals surface area (Å²) in [7, 11) is 0. The molecule has 1 fully saturated rings. The lowest BCUT2D eigenvalue weighted by molar-refractivity contribution is -0.113. The number of halogens is 2. The van der Waals surface area contributed by atoms with Gasteiger partial charge in [0.25, 0.3) is 0 Å². The van der Waals surface area contributed by atoms with E-state index in [1.807, 2.05) is 13.0 Å². The Morgan fingerprint density at radius 1 is 1.40 bits per heavy atom. The monoisotopic (exact) mass is 332 g/mol. The Labute approximate surface area is 133 Å². The lowest BCUT2D eigenvalue weighted by atomic mass is 10.2. The molecule has 0 radical (unpaired) electrons. The van der Waals surface area contributed by atoms with Crippen LogP contribution in [0.25, 0.3) is 0 Å². The highest BCUT2D eigenvalue weighted by atomic mass is 35.5. The van der Waals surface area contributed by atoms with Crippen molar-refractivity contribution in [2.24, 2.45) is 0 Å². The van der Waals surface area contributed by atoms with Gasteiger partial charge in [0.2, 0.25) is 5.91 Å². The van der Waals surface area contributed by atoms with Crippen LogP contribution in [0.5, 0.6) is 0 Å². The van der Waals surface area contributed by atoms with Crippen molar-refractivity contribution in [3.8, 4) is 0 Å². The van der Waals surface area contributed by atoms with Crippen LogP contribution in [-0.4, -0.2) is 30.0 Å². The van der Waals surface area contributed by atoms with Gasteiger partial charge in [-0.1, -0.05) is 29.3 Å². The Morgan fingerprint density at radius 3 is 2.80 bits per heavy atom. The van der Waals surface area contributed by atoms with Gasteiger partial charge in [-0.15, -0.1) is 11.8 Å². The number of nitrogens with one attached hydrogen (secondary N) is 2. The smallest absolute Gasteiger partial charge is 0.234 e. The highest BCUT2D eigenvalue weighted by Gasteiger charge is 2.16. The molecule has 2 rings (SSSR count). The van der Waals surface area contributed by atoms with Gasteiger partial charge < -0.3 is 10.6 Å². The first-order valence-corrected chi connectivity index (χ1v) is 8.45. The normalized spacial score (nSPS) is 16.1. The van der Waals surface area contributed by atoms with Crippen LogP contribution in [-0.2, 0) is 4.79 Å². The Morgan fingerprint density at radius 2 is 2.10 bits per heavy atom. The maximum atomic E-state index is 12.0. The fraction of sp³-hybridized carbons (Fsp3) is 0.500. The summed E-state index contributed by atoms with van der Waals surface area (Å²) in [5.41, 5.74) is 1.42. The summed E-state index contributed by atoms with van der Waals surface area (Å²) < 4.78 is 0. The number of carbonyl (C=O) groups excluding carboxylic acids is 1. The maximum Gasteiger partial charge on any atom is 0.234 e. The van der Waals surface area contributed by atoms with E-state index in [-0.39, 0.29) is 5.91 Å². The van der Waals surface area contributed by atoms with E-state index < -0.39 is 0 Å². The third kappa shape index (κ3) is 4.29. The number of rotatable bonds is 4. The van der Waals surface area contributed by atoms with Gasteiger partial charge in [0, 0.05) is 5.25 Å². The van der Waals surface area contributed by atoms with Crippen molar-refractivity contribution < 1.29 is 4.79 Å². The predicted molar refractivity (Wildman–Crippen MR) is 88.2 cm³/mol. The second-order valence-corrected chi connectivity index (χ2v) is 6.94. The third-order valence-electron chi connectivity index (χ3n) is 3.28. The van der Waals surface area contributed by atoms with Crippen LogP contribution in [0.4, 0.5) is 5.69 Å². The molecule has 3 nitrogen and oxygen atoms in total. The van der Waals surface area contributed by atoms with Crippen LogP contribution in [0, 0.1) is 6.92 Å². The molecule has 1 aromatic rings. The Balaban J connectivity index is 1.89. The molecular weight excluding hydrogens is 315 g/mol. The molecule has 110 valence electrons. The fourth-order valence-corrected chi connectivity index (χ4v) is 3.60. The zero-order valence-corrected chi connectivity index (χ0v) is 13.7. The summed E-state index contributed by atoms with van der Waals surface area (Å²) >= 11 is 14.0. The zero-order valence-electron chi connectivity index (χ0n) is 11.3. The third-order valence-corrected chi connectivity index (χ3v) is 5.46. The van der Waals surface area contributed by atoms with E-state index in [0.29, 0.717) is 26.7 Å². The number of benzene rings is 1. The van der Waals surface area contributed by atoms with E-state index in [2.05, 4.69) is 10.6 Å². The minimum atomic E-state index is -0.0528. The Bertz CT molecular complexity index is 490. The van der Waals surface area contributed by atoms with Crippen molar-refractivity contribution in [1.29, 1.82) is 0 Å². The molecule has 20 heavy (non-hydrogen) atoms. The van der Waals surface area contributed by atoms with Crippen LogP contribution in [0.1, 0.15) is 18.4 Å². The number of anilines is 1. The largest absolute Gasteiger partial charge is 0.323 e. The SMILES string of the molecule is Cc1ccc(Cl)c(NC(=O)CSC2CCNCC2)c1Cl. The number of carbonyl (C=O) groups is 1. The Kier molecular flexibility index (Phi) is 6.02. The Hall–Kier alpha value is -0.420. The molecule has 6 heteroatoms. The highest BCUT2D eigenvalue weighted by molar-refractivity contribution is 8.00. The van der Waals surface area contributed by atoms with E-state index in [4.69, 9.17) is 23.2 Å². The van der Waals surface area contributed by atoms with E-state index in [1.165, 1.54) is 0 Å². The summed E-state index contributed by atoms with van der Waals surface area (Å²) in [5, 5.41) is 7.68. The molecular formula is C14H18Cl2N2OS. The van der Waals surface area contributed by atoms with Gasteiger partial charge in [-0.05, 0) is 44.5 Å². The number of hydrogen-bond donors (Lipinski definition) is 2. The van der Waals surface area contributed by atoms with Gasteiger partial charge in [-0.25, -0.2) is 0 Å².